The fourth-order valence-electron chi connectivity index (χ4n) is 3.50. The molecule has 0 unspecified atom stereocenters. The molecule has 0 N–H and O–H groups in total. The van der Waals surface area contributed by atoms with Crippen LogP contribution in [0.15, 0.2) is 47.4 Å². The van der Waals surface area contributed by atoms with Gasteiger partial charge >= 0.3 is 0 Å². The lowest BCUT2D eigenvalue weighted by molar-refractivity contribution is 0.181. The monoisotopic (exact) mass is 432 g/mol. The maximum Gasteiger partial charge on any atom is 0.245 e. The van der Waals surface area contributed by atoms with Crippen molar-refractivity contribution in [2.24, 2.45) is 0 Å². The topological polar surface area (TPSA) is 75.6 Å². The molecule has 1 aromatic heterocycles. The third-order valence-electron chi connectivity index (χ3n) is 4.87. The molecule has 0 amide bonds. The minimum absolute atomic E-state index is 0.136. The second kappa shape index (κ2) is 8.35. The Bertz CT molecular complexity index is 1090. The Morgan fingerprint density at radius 1 is 1.07 bits per heavy atom. The molecule has 29 heavy (non-hydrogen) atoms. The standard InChI is InChI=1S/C20H24N4O3S2/c1-15(2)27-17-6-3-5-16(13-17)14-23-9-11-24(12-10-23)29(25,26)19-8-4-7-18-20(19)22-28-21-18/h3-8,13,15H,9-12,14H2,1-2H3. The smallest absolute Gasteiger partial charge is 0.245 e. The molecule has 1 fully saturated rings. The molecule has 1 aliphatic heterocycles. The van der Waals surface area contributed by atoms with Gasteiger partial charge in [-0.3, -0.25) is 4.90 Å². The Morgan fingerprint density at radius 3 is 2.59 bits per heavy atom. The average molecular weight is 433 g/mol. The lowest BCUT2D eigenvalue weighted by Crippen LogP contribution is -2.48. The van der Waals surface area contributed by atoms with Gasteiger partial charge in [-0.25, -0.2) is 8.42 Å². The summed E-state index contributed by atoms with van der Waals surface area (Å²) < 4.78 is 41.9. The molecular formula is C20H24N4O3S2. The molecule has 1 aliphatic rings. The van der Waals surface area contributed by atoms with Crippen molar-refractivity contribution in [3.8, 4) is 5.75 Å². The normalized spacial score (nSPS) is 16.5. The van der Waals surface area contributed by atoms with Crippen molar-refractivity contribution < 1.29 is 13.2 Å². The number of nitrogens with zero attached hydrogens (tertiary/aromatic N) is 4. The quantitative estimate of drug-likeness (QED) is 0.596. The summed E-state index contributed by atoms with van der Waals surface area (Å²) in [7, 11) is -3.58. The van der Waals surface area contributed by atoms with E-state index < -0.39 is 10.0 Å². The molecule has 7 nitrogen and oxygen atoms in total. The summed E-state index contributed by atoms with van der Waals surface area (Å²) in [6, 6.07) is 13.2. The van der Waals surface area contributed by atoms with E-state index in [0.29, 0.717) is 37.2 Å². The van der Waals surface area contributed by atoms with Crippen molar-refractivity contribution in [2.45, 2.75) is 31.4 Å². The molecule has 2 aromatic carbocycles. The first-order valence-corrected chi connectivity index (χ1v) is 11.8. The van der Waals surface area contributed by atoms with Crippen LogP contribution in [0.1, 0.15) is 19.4 Å². The molecule has 9 heteroatoms. The Kier molecular flexibility index (Phi) is 5.82. The molecule has 4 rings (SSSR count). The Balaban J connectivity index is 1.42. The van der Waals surface area contributed by atoms with Gasteiger partial charge in [-0.05, 0) is 43.7 Å². The van der Waals surface area contributed by atoms with Gasteiger partial charge in [0.05, 0.1) is 17.8 Å². The molecule has 0 bridgehead atoms. The third-order valence-corrected chi connectivity index (χ3v) is 7.35. The van der Waals surface area contributed by atoms with Gasteiger partial charge in [-0.15, -0.1) is 0 Å². The second-order valence-electron chi connectivity index (χ2n) is 7.38. The summed E-state index contributed by atoms with van der Waals surface area (Å²) in [6.45, 7) is 7.06. The fourth-order valence-corrected chi connectivity index (χ4v) is 5.68. The van der Waals surface area contributed by atoms with E-state index in [0.717, 1.165) is 29.6 Å². The van der Waals surface area contributed by atoms with Crippen LogP contribution < -0.4 is 4.74 Å². The van der Waals surface area contributed by atoms with Crippen molar-refractivity contribution in [1.29, 1.82) is 0 Å². The van der Waals surface area contributed by atoms with E-state index in [-0.39, 0.29) is 11.0 Å². The first-order chi connectivity index (χ1) is 13.9. The lowest BCUT2D eigenvalue weighted by Gasteiger charge is -2.34. The minimum Gasteiger partial charge on any atom is -0.491 e. The van der Waals surface area contributed by atoms with Crippen LogP contribution in [0.2, 0.25) is 0 Å². The van der Waals surface area contributed by atoms with Crippen LogP contribution in [-0.4, -0.2) is 58.7 Å². The van der Waals surface area contributed by atoms with Crippen molar-refractivity contribution in [3.63, 3.8) is 0 Å². The molecule has 0 aliphatic carbocycles. The van der Waals surface area contributed by atoms with Gasteiger partial charge in [0.15, 0.2) is 0 Å². The number of aromatic nitrogens is 2. The minimum atomic E-state index is -3.58. The van der Waals surface area contributed by atoms with Gasteiger partial charge in [-0.2, -0.15) is 13.1 Å². The maximum absolute atomic E-state index is 13.1. The van der Waals surface area contributed by atoms with Crippen molar-refractivity contribution >= 4 is 32.8 Å². The predicted octanol–water partition coefficient (Wildman–Crippen LogP) is 2.99. The third kappa shape index (κ3) is 4.42. The largest absolute Gasteiger partial charge is 0.491 e. The molecular weight excluding hydrogens is 408 g/mol. The molecule has 3 aromatic rings. The average Bonchev–Trinajstić information content (AvgIpc) is 3.17. The van der Waals surface area contributed by atoms with Crippen LogP contribution in [0.25, 0.3) is 11.0 Å². The number of ether oxygens (including phenoxy) is 1. The predicted molar refractivity (Wildman–Crippen MR) is 114 cm³/mol. The first-order valence-electron chi connectivity index (χ1n) is 9.63. The number of fused-ring (bicyclic) bond motifs is 1. The van der Waals surface area contributed by atoms with E-state index in [9.17, 15) is 8.42 Å². The highest BCUT2D eigenvalue weighted by molar-refractivity contribution is 7.89. The molecule has 154 valence electrons. The summed E-state index contributed by atoms with van der Waals surface area (Å²) in [4.78, 5) is 2.52. The number of sulfonamides is 1. The van der Waals surface area contributed by atoms with Gasteiger partial charge < -0.3 is 4.74 Å². The van der Waals surface area contributed by atoms with Gasteiger partial charge in [-0.1, -0.05) is 18.2 Å². The van der Waals surface area contributed by atoms with Crippen molar-refractivity contribution in [3.05, 3.63) is 48.0 Å². The SMILES string of the molecule is CC(C)Oc1cccc(CN2CCN(S(=O)(=O)c3cccc4nsnc34)CC2)c1. The number of rotatable bonds is 6. The van der Waals surface area contributed by atoms with Gasteiger partial charge in [0.2, 0.25) is 10.0 Å². The number of benzene rings is 2. The zero-order valence-corrected chi connectivity index (χ0v) is 18.1. The molecule has 0 spiro atoms. The van der Waals surface area contributed by atoms with E-state index in [1.165, 1.54) is 0 Å². The van der Waals surface area contributed by atoms with Crippen LogP contribution in [-0.2, 0) is 16.6 Å². The highest BCUT2D eigenvalue weighted by atomic mass is 32.2. The van der Waals surface area contributed by atoms with Crippen LogP contribution in [0.3, 0.4) is 0 Å². The van der Waals surface area contributed by atoms with Crippen molar-refractivity contribution in [1.82, 2.24) is 18.0 Å². The molecule has 2 heterocycles. The second-order valence-corrected chi connectivity index (χ2v) is 9.82. The number of hydrogen-bond acceptors (Lipinski definition) is 7. The summed E-state index contributed by atoms with van der Waals surface area (Å²) in [6.07, 6.45) is 0.136. The van der Waals surface area contributed by atoms with E-state index in [1.807, 2.05) is 26.0 Å². The molecule has 0 radical (unpaired) electrons. The number of hydrogen-bond donors (Lipinski definition) is 0. The van der Waals surface area contributed by atoms with Gasteiger partial charge in [0, 0.05) is 32.7 Å². The summed E-state index contributed by atoms with van der Waals surface area (Å²) >= 11 is 1.03. The molecule has 1 saturated heterocycles. The first kappa shape index (κ1) is 20.2. The zero-order valence-electron chi connectivity index (χ0n) is 16.5. The van der Waals surface area contributed by atoms with Crippen LogP contribution >= 0.6 is 11.7 Å². The zero-order chi connectivity index (χ0) is 20.4. The highest BCUT2D eigenvalue weighted by Gasteiger charge is 2.30. The van der Waals surface area contributed by atoms with E-state index in [2.05, 4.69) is 25.8 Å². The van der Waals surface area contributed by atoms with Crippen molar-refractivity contribution in [2.75, 3.05) is 26.2 Å². The Hall–Kier alpha value is -2.07. The number of piperazine rings is 1. The Morgan fingerprint density at radius 2 is 1.83 bits per heavy atom. The highest BCUT2D eigenvalue weighted by Crippen LogP contribution is 2.25. The fraction of sp³-hybridized carbons (Fsp3) is 0.400. The lowest BCUT2D eigenvalue weighted by atomic mass is 10.2. The molecule has 0 atom stereocenters. The van der Waals surface area contributed by atoms with E-state index >= 15 is 0 Å². The summed E-state index contributed by atoms with van der Waals surface area (Å²) in [5.41, 5.74) is 2.25. The summed E-state index contributed by atoms with van der Waals surface area (Å²) in [5.74, 6) is 0.865. The maximum atomic E-state index is 13.1. The molecule has 0 saturated carbocycles. The van der Waals surface area contributed by atoms with Gasteiger partial charge in [0.1, 0.15) is 21.7 Å². The van der Waals surface area contributed by atoms with Gasteiger partial charge in [0.25, 0.3) is 0 Å². The summed E-state index contributed by atoms with van der Waals surface area (Å²) in [5, 5.41) is 0. The van der Waals surface area contributed by atoms with Crippen LogP contribution in [0.5, 0.6) is 5.75 Å². The van der Waals surface area contributed by atoms with Crippen LogP contribution in [0.4, 0.5) is 0 Å². The van der Waals surface area contributed by atoms with E-state index in [4.69, 9.17) is 4.74 Å². The van der Waals surface area contributed by atoms with Crippen LogP contribution in [0, 0.1) is 0 Å². The van der Waals surface area contributed by atoms with E-state index in [1.54, 1.807) is 22.5 Å². The Labute approximate surface area is 175 Å².